The molecule has 0 aromatic carbocycles. The lowest BCUT2D eigenvalue weighted by atomic mass is 10.0. The normalized spacial score (nSPS) is 14.8. The van der Waals surface area contributed by atoms with E-state index in [0.717, 1.165) is 50.9 Å². The van der Waals surface area contributed by atoms with Crippen molar-refractivity contribution >= 4 is 27.6 Å². The van der Waals surface area contributed by atoms with Gasteiger partial charge in [-0.05, 0) is 50.9 Å². The third kappa shape index (κ3) is 48.5. The van der Waals surface area contributed by atoms with E-state index in [9.17, 15) is 33.8 Å². The van der Waals surface area contributed by atoms with Crippen LogP contribution in [0.2, 0.25) is 0 Å². The van der Waals surface area contributed by atoms with Crippen LogP contribution >= 0.6 is 15.6 Å². The van der Waals surface area contributed by atoms with Crippen LogP contribution in [0.15, 0.2) is 48.6 Å². The minimum atomic E-state index is -4.89. The van der Waals surface area contributed by atoms with Gasteiger partial charge in [-0.2, -0.15) is 0 Å². The predicted octanol–water partition coefficient (Wildman–Crippen LogP) is 12.6. The smallest absolute Gasteiger partial charge is 0.462 e. The summed E-state index contributed by atoms with van der Waals surface area (Å²) in [7, 11) is -9.74. The molecule has 16 heteroatoms. The molecule has 0 aromatic heterocycles. The predicted molar refractivity (Wildman–Crippen MR) is 264 cm³/mol. The van der Waals surface area contributed by atoms with Gasteiger partial charge >= 0.3 is 27.6 Å². The van der Waals surface area contributed by atoms with Crippen molar-refractivity contribution in [3.63, 3.8) is 0 Å². The summed E-state index contributed by atoms with van der Waals surface area (Å²) < 4.78 is 47.8. The summed E-state index contributed by atoms with van der Waals surface area (Å²) in [5, 5.41) is 20.1. The highest BCUT2D eigenvalue weighted by atomic mass is 31.2. The molecular weight excluding hydrogens is 886 g/mol. The number of aliphatic hydroxyl groups is 2. The first-order valence-corrected chi connectivity index (χ1v) is 28.3. The third-order valence-corrected chi connectivity index (χ3v) is 12.2. The summed E-state index contributed by atoms with van der Waals surface area (Å²) in [5.74, 6) is -0.401. The zero-order valence-electron chi connectivity index (χ0n) is 41.1. The van der Waals surface area contributed by atoms with Gasteiger partial charge in [-0.1, -0.05) is 198 Å². The maximum absolute atomic E-state index is 12.7. The fraction of sp³-hybridized carbons (Fsp3) is 0.800. The van der Waals surface area contributed by atoms with Crippen LogP contribution in [0.3, 0.4) is 0 Å². The molecule has 0 saturated carbocycles. The molecule has 0 aromatic rings. The van der Waals surface area contributed by atoms with Crippen LogP contribution in [-0.4, -0.2) is 81.6 Å². The average molecular weight is 979 g/mol. The number of carbonyl (C=O) groups is 2. The van der Waals surface area contributed by atoms with Crippen LogP contribution in [-0.2, 0) is 41.8 Å². The van der Waals surface area contributed by atoms with Crippen molar-refractivity contribution in [3.05, 3.63) is 48.6 Å². The van der Waals surface area contributed by atoms with Crippen LogP contribution in [0, 0.1) is 5.92 Å². The van der Waals surface area contributed by atoms with Crippen molar-refractivity contribution in [2.24, 2.45) is 5.92 Å². The van der Waals surface area contributed by atoms with Crippen molar-refractivity contribution in [1.29, 1.82) is 0 Å². The van der Waals surface area contributed by atoms with Gasteiger partial charge in [0.2, 0.25) is 0 Å². The Morgan fingerprint density at radius 1 is 0.530 bits per heavy atom. The third-order valence-electron chi connectivity index (χ3n) is 10.7. The molecule has 386 valence electrons. The van der Waals surface area contributed by atoms with E-state index in [1.807, 2.05) is 12.2 Å². The molecule has 0 heterocycles. The Hall–Kier alpha value is -1.96. The van der Waals surface area contributed by atoms with Crippen molar-refractivity contribution < 1.29 is 66.7 Å². The Morgan fingerprint density at radius 3 is 1.59 bits per heavy atom. The van der Waals surface area contributed by atoms with E-state index in [0.29, 0.717) is 19.3 Å². The Kier molecular flexibility index (Phi) is 42.9. The van der Waals surface area contributed by atoms with Gasteiger partial charge in [0.25, 0.3) is 0 Å². The van der Waals surface area contributed by atoms with E-state index in [1.54, 1.807) is 12.2 Å². The molecule has 0 saturated heterocycles. The zero-order chi connectivity index (χ0) is 49.0. The van der Waals surface area contributed by atoms with Gasteiger partial charge in [0, 0.05) is 12.8 Å². The topological polar surface area (TPSA) is 216 Å². The molecule has 0 aliphatic carbocycles. The first-order chi connectivity index (χ1) is 31.6. The molecule has 0 fully saturated rings. The first kappa shape index (κ1) is 64.0. The number of carbonyl (C=O) groups excluding carboxylic acids is 2. The molecule has 0 bridgehead atoms. The Morgan fingerprint density at radius 2 is 1.03 bits per heavy atom. The highest BCUT2D eigenvalue weighted by Gasteiger charge is 2.28. The second-order valence-electron chi connectivity index (χ2n) is 17.8. The molecule has 5 N–H and O–H groups in total. The molecule has 0 radical (unpaired) electrons. The summed E-state index contributed by atoms with van der Waals surface area (Å²) in [6.07, 6.45) is 42.7. The van der Waals surface area contributed by atoms with Crippen LogP contribution < -0.4 is 0 Å². The summed E-state index contributed by atoms with van der Waals surface area (Å²) >= 11 is 0. The molecule has 0 rings (SSSR count). The maximum atomic E-state index is 12.7. The number of phosphoric ester groups is 2. The molecule has 0 aliphatic heterocycles. The molecule has 0 amide bonds. The number of esters is 2. The van der Waals surface area contributed by atoms with Gasteiger partial charge in [-0.15, -0.1) is 0 Å². The van der Waals surface area contributed by atoms with Crippen LogP contribution in [0.25, 0.3) is 0 Å². The Balaban J connectivity index is 4.55. The number of aliphatic hydroxyl groups excluding tert-OH is 2. The number of hydrogen-bond donors (Lipinski definition) is 5. The fourth-order valence-corrected chi connectivity index (χ4v) is 8.03. The quantitative estimate of drug-likeness (QED) is 0.0126. The van der Waals surface area contributed by atoms with E-state index in [4.69, 9.17) is 23.8 Å². The Bertz CT molecular complexity index is 1380. The largest absolute Gasteiger partial charge is 0.472 e. The van der Waals surface area contributed by atoms with Crippen LogP contribution in [0.5, 0.6) is 0 Å². The van der Waals surface area contributed by atoms with E-state index in [-0.39, 0.29) is 12.8 Å². The number of allylic oxidation sites excluding steroid dienone is 7. The van der Waals surface area contributed by atoms with Crippen molar-refractivity contribution in [2.75, 3.05) is 26.4 Å². The van der Waals surface area contributed by atoms with Gasteiger partial charge in [0.1, 0.15) is 12.7 Å². The fourth-order valence-electron chi connectivity index (χ4n) is 6.87. The van der Waals surface area contributed by atoms with Crippen molar-refractivity contribution in [3.8, 4) is 0 Å². The van der Waals surface area contributed by atoms with E-state index >= 15 is 0 Å². The molecule has 0 aliphatic rings. The van der Waals surface area contributed by atoms with Gasteiger partial charge in [-0.25, -0.2) is 9.13 Å². The lowest BCUT2D eigenvalue weighted by Crippen LogP contribution is -2.30. The van der Waals surface area contributed by atoms with Gasteiger partial charge in [0.05, 0.1) is 25.9 Å². The average Bonchev–Trinajstić information content (AvgIpc) is 3.26. The summed E-state index contributed by atoms with van der Waals surface area (Å²) in [6, 6.07) is 0. The molecule has 66 heavy (non-hydrogen) atoms. The SMILES string of the molecule is CCCCC/C=C\C/C=C\C/C=C\C=C\[C@@H](O)CCCC(=O)OC[C@H](COP(=O)(O)OC[C@@H](O)COP(=O)(O)O)OC(=O)CCCCCCCCCCCCCCCCCCCCC(C)C. The number of unbranched alkanes of at least 4 members (excludes halogenated alkanes) is 20. The molecule has 0 spiro atoms. The monoisotopic (exact) mass is 979 g/mol. The number of hydrogen-bond acceptors (Lipinski definition) is 11. The van der Waals surface area contributed by atoms with E-state index in [1.165, 1.54) is 109 Å². The second kappa shape index (κ2) is 44.3. The van der Waals surface area contributed by atoms with Crippen molar-refractivity contribution in [2.45, 2.75) is 225 Å². The lowest BCUT2D eigenvalue weighted by molar-refractivity contribution is -0.161. The number of ether oxygens (including phenoxy) is 2. The van der Waals surface area contributed by atoms with E-state index in [2.05, 4.69) is 54.1 Å². The minimum Gasteiger partial charge on any atom is -0.462 e. The maximum Gasteiger partial charge on any atom is 0.472 e. The highest BCUT2D eigenvalue weighted by Crippen LogP contribution is 2.44. The van der Waals surface area contributed by atoms with Gasteiger partial charge in [0.15, 0.2) is 6.10 Å². The summed E-state index contributed by atoms with van der Waals surface area (Å²) in [5.41, 5.74) is 0. The lowest BCUT2D eigenvalue weighted by Gasteiger charge is -2.20. The second-order valence-corrected chi connectivity index (χ2v) is 20.5. The van der Waals surface area contributed by atoms with E-state index < -0.39 is 72.3 Å². The first-order valence-electron chi connectivity index (χ1n) is 25.3. The van der Waals surface area contributed by atoms with Gasteiger partial charge < -0.3 is 34.4 Å². The Labute approximate surface area is 399 Å². The summed E-state index contributed by atoms with van der Waals surface area (Å²) in [4.78, 5) is 52.9. The molecule has 4 atom stereocenters. The standard InChI is InChI=1S/C50H92O14P2/c1-4-5-6-7-8-9-10-17-21-24-27-30-33-37-46(51)38-35-40-49(53)60-43-48(44-63-66(58,59)62-42-47(52)41-61-65(55,56)57)64-50(54)39-34-31-28-25-22-19-16-14-12-11-13-15-18-20-23-26-29-32-36-45(2)3/h8-9,17,21,27,30,33,37,45-48,51-52H,4-7,10-16,18-20,22-26,28-29,31-32,34-36,38-44H2,1-3H3,(H,58,59)(H2,55,56,57)/b9-8-,21-17-,30-27-,37-33+/t46-,47+,48-/m1/s1. The molecule has 1 unspecified atom stereocenters. The van der Waals surface area contributed by atoms with Crippen molar-refractivity contribution in [1.82, 2.24) is 0 Å². The zero-order valence-corrected chi connectivity index (χ0v) is 42.9. The molecule has 14 nitrogen and oxygen atoms in total. The number of rotatable bonds is 47. The summed E-state index contributed by atoms with van der Waals surface area (Å²) in [6.45, 7) is 3.89. The minimum absolute atomic E-state index is 0.0324. The van der Waals surface area contributed by atoms with Crippen LogP contribution in [0.1, 0.15) is 207 Å². The van der Waals surface area contributed by atoms with Crippen LogP contribution in [0.4, 0.5) is 0 Å². The number of phosphoric acid groups is 2. The molecular formula is C50H92O14P2. The highest BCUT2D eigenvalue weighted by molar-refractivity contribution is 7.47. The van der Waals surface area contributed by atoms with Gasteiger partial charge in [-0.3, -0.25) is 23.2 Å².